The predicted octanol–water partition coefficient (Wildman–Crippen LogP) is 3.02. The fourth-order valence-electron chi connectivity index (χ4n) is 2.16. The summed E-state index contributed by atoms with van der Waals surface area (Å²) in [6.45, 7) is 8.35. The van der Waals surface area contributed by atoms with Gasteiger partial charge in [0.1, 0.15) is 11.9 Å². The van der Waals surface area contributed by atoms with E-state index in [0.717, 1.165) is 41.9 Å². The molecule has 0 aliphatic carbocycles. The number of rotatable bonds is 8. The normalized spacial score (nSPS) is 12.7. The molecule has 1 aromatic carbocycles. The second-order valence-electron chi connectivity index (χ2n) is 5.50. The molecule has 1 heterocycles. The summed E-state index contributed by atoms with van der Waals surface area (Å²) < 4.78 is 5.85. The molecule has 1 unspecified atom stereocenters. The summed E-state index contributed by atoms with van der Waals surface area (Å²) in [6.07, 6.45) is 0.911. The van der Waals surface area contributed by atoms with E-state index in [1.165, 1.54) is 0 Å². The van der Waals surface area contributed by atoms with Crippen molar-refractivity contribution in [3.05, 3.63) is 46.4 Å². The zero-order chi connectivity index (χ0) is 17.2. The van der Waals surface area contributed by atoms with Gasteiger partial charge in [0.15, 0.2) is 5.96 Å². The number of hydrogen-bond donors (Lipinski definition) is 2. The van der Waals surface area contributed by atoms with E-state index >= 15 is 0 Å². The fourth-order valence-corrected chi connectivity index (χ4v) is 2.81. The van der Waals surface area contributed by atoms with E-state index in [2.05, 4.69) is 32.9 Å². The van der Waals surface area contributed by atoms with Crippen LogP contribution in [0.2, 0.25) is 0 Å². The Morgan fingerprint density at radius 1 is 1.29 bits per heavy atom. The first-order chi connectivity index (χ1) is 11.7. The Hall–Kier alpha value is -2.08. The van der Waals surface area contributed by atoms with E-state index in [0.29, 0.717) is 6.54 Å². The predicted molar refractivity (Wildman–Crippen MR) is 101 cm³/mol. The average molecular weight is 347 g/mol. The molecule has 0 fully saturated rings. The van der Waals surface area contributed by atoms with Crippen molar-refractivity contribution in [3.8, 4) is 5.75 Å². The van der Waals surface area contributed by atoms with Crippen molar-refractivity contribution in [1.29, 1.82) is 0 Å². The number of aliphatic imine (C=N–C) groups is 1. The van der Waals surface area contributed by atoms with Gasteiger partial charge in [-0.3, -0.25) is 0 Å². The fraction of sp³-hybridized carbons (Fsp3) is 0.444. The van der Waals surface area contributed by atoms with Crippen LogP contribution in [0.1, 0.15) is 24.5 Å². The van der Waals surface area contributed by atoms with E-state index < -0.39 is 0 Å². The van der Waals surface area contributed by atoms with Gasteiger partial charge in [0, 0.05) is 24.9 Å². The molecule has 0 bridgehead atoms. The zero-order valence-corrected chi connectivity index (χ0v) is 15.4. The van der Waals surface area contributed by atoms with Crippen molar-refractivity contribution in [2.45, 2.75) is 33.3 Å². The van der Waals surface area contributed by atoms with E-state index in [4.69, 9.17) is 4.74 Å². The van der Waals surface area contributed by atoms with Gasteiger partial charge in [0.05, 0.1) is 17.2 Å². The second-order valence-corrected chi connectivity index (χ2v) is 6.56. The number of aromatic nitrogens is 1. The number of nitrogens with one attached hydrogen (secondary N) is 2. The van der Waals surface area contributed by atoms with Crippen LogP contribution in [0.4, 0.5) is 0 Å². The number of aryl methyl sites for hydroxylation is 1. The Balaban J connectivity index is 1.78. The molecule has 130 valence electrons. The van der Waals surface area contributed by atoms with Crippen LogP contribution in [-0.4, -0.2) is 36.7 Å². The summed E-state index contributed by atoms with van der Waals surface area (Å²) in [4.78, 5) is 9.07. The first-order valence-electron chi connectivity index (χ1n) is 8.32. The molecule has 6 heteroatoms. The average Bonchev–Trinajstić information content (AvgIpc) is 2.99. The Kier molecular flexibility index (Phi) is 7.55. The summed E-state index contributed by atoms with van der Waals surface area (Å²) in [5, 5.41) is 9.82. The van der Waals surface area contributed by atoms with Gasteiger partial charge in [-0.25, -0.2) is 9.98 Å². The third kappa shape index (κ3) is 6.58. The third-order valence-corrected chi connectivity index (χ3v) is 4.09. The van der Waals surface area contributed by atoms with Crippen molar-refractivity contribution in [3.63, 3.8) is 0 Å². The smallest absolute Gasteiger partial charge is 0.191 e. The standard InChI is InChI=1S/C18H26N4OS/c1-4-19-18(20-11-10-16-13-24-15(3)22-16)21-12-14(2)23-17-8-6-5-7-9-17/h5-9,13-14H,4,10-12H2,1-3H3,(H2,19,20,21). The van der Waals surface area contributed by atoms with Crippen LogP contribution >= 0.6 is 11.3 Å². The molecular formula is C18H26N4OS. The van der Waals surface area contributed by atoms with Crippen molar-refractivity contribution in [1.82, 2.24) is 15.6 Å². The SMILES string of the molecule is CCNC(=NCC(C)Oc1ccccc1)NCCc1csc(C)n1. The highest BCUT2D eigenvalue weighted by atomic mass is 32.1. The number of para-hydroxylation sites is 1. The molecule has 5 nitrogen and oxygen atoms in total. The lowest BCUT2D eigenvalue weighted by Gasteiger charge is -2.15. The minimum absolute atomic E-state index is 0.0176. The summed E-state index contributed by atoms with van der Waals surface area (Å²) >= 11 is 1.69. The molecular weight excluding hydrogens is 320 g/mol. The largest absolute Gasteiger partial charge is 0.489 e. The molecule has 0 aliphatic heterocycles. The van der Waals surface area contributed by atoms with Gasteiger partial charge in [-0.1, -0.05) is 18.2 Å². The molecule has 1 aromatic heterocycles. The highest BCUT2D eigenvalue weighted by Crippen LogP contribution is 2.10. The van der Waals surface area contributed by atoms with Gasteiger partial charge in [-0.15, -0.1) is 11.3 Å². The van der Waals surface area contributed by atoms with Crippen molar-refractivity contribution >= 4 is 17.3 Å². The van der Waals surface area contributed by atoms with Crippen molar-refractivity contribution in [2.24, 2.45) is 4.99 Å². The van der Waals surface area contributed by atoms with Gasteiger partial charge < -0.3 is 15.4 Å². The van der Waals surface area contributed by atoms with Gasteiger partial charge in [-0.05, 0) is 32.9 Å². The van der Waals surface area contributed by atoms with Gasteiger partial charge in [0.25, 0.3) is 0 Å². The number of ether oxygens (including phenoxy) is 1. The summed E-state index contributed by atoms with van der Waals surface area (Å²) in [7, 11) is 0. The Bertz CT molecular complexity index is 627. The van der Waals surface area contributed by atoms with Crippen LogP contribution in [0.3, 0.4) is 0 Å². The van der Waals surface area contributed by atoms with E-state index in [1.807, 2.05) is 44.2 Å². The molecule has 2 rings (SSSR count). The van der Waals surface area contributed by atoms with E-state index in [1.54, 1.807) is 11.3 Å². The minimum Gasteiger partial charge on any atom is -0.489 e. The lowest BCUT2D eigenvalue weighted by atomic mass is 10.3. The van der Waals surface area contributed by atoms with Crippen LogP contribution in [0, 0.1) is 6.92 Å². The van der Waals surface area contributed by atoms with E-state index in [-0.39, 0.29) is 6.10 Å². The maximum atomic E-state index is 5.85. The number of thiazole rings is 1. The Morgan fingerprint density at radius 3 is 2.75 bits per heavy atom. The second kappa shape index (κ2) is 9.93. The first-order valence-corrected chi connectivity index (χ1v) is 9.20. The number of hydrogen-bond acceptors (Lipinski definition) is 4. The quantitative estimate of drug-likeness (QED) is 0.570. The van der Waals surface area contributed by atoms with Crippen molar-refractivity contribution in [2.75, 3.05) is 19.6 Å². The lowest BCUT2D eigenvalue weighted by Crippen LogP contribution is -2.39. The Morgan fingerprint density at radius 2 is 2.08 bits per heavy atom. The van der Waals surface area contributed by atoms with Crippen LogP contribution in [0.25, 0.3) is 0 Å². The van der Waals surface area contributed by atoms with Crippen LogP contribution in [0.5, 0.6) is 5.75 Å². The molecule has 0 amide bonds. The molecule has 24 heavy (non-hydrogen) atoms. The topological polar surface area (TPSA) is 58.5 Å². The van der Waals surface area contributed by atoms with Crippen LogP contribution in [0.15, 0.2) is 40.7 Å². The molecule has 0 saturated carbocycles. The molecule has 0 spiro atoms. The minimum atomic E-state index is 0.0176. The molecule has 0 radical (unpaired) electrons. The van der Waals surface area contributed by atoms with Gasteiger partial charge >= 0.3 is 0 Å². The highest BCUT2D eigenvalue weighted by molar-refractivity contribution is 7.09. The summed E-state index contributed by atoms with van der Waals surface area (Å²) in [5.74, 6) is 1.69. The van der Waals surface area contributed by atoms with Gasteiger partial charge in [-0.2, -0.15) is 0 Å². The molecule has 2 aromatic rings. The Labute approximate surface area is 148 Å². The zero-order valence-electron chi connectivity index (χ0n) is 14.6. The van der Waals surface area contributed by atoms with Crippen LogP contribution < -0.4 is 15.4 Å². The summed E-state index contributed by atoms with van der Waals surface area (Å²) in [5.41, 5.74) is 1.13. The first kappa shape index (κ1) is 18.3. The summed E-state index contributed by atoms with van der Waals surface area (Å²) in [6, 6.07) is 9.83. The number of benzene rings is 1. The third-order valence-electron chi connectivity index (χ3n) is 3.27. The van der Waals surface area contributed by atoms with Gasteiger partial charge in [0.2, 0.25) is 0 Å². The molecule has 0 saturated heterocycles. The number of nitrogens with zero attached hydrogens (tertiary/aromatic N) is 2. The van der Waals surface area contributed by atoms with E-state index in [9.17, 15) is 0 Å². The lowest BCUT2D eigenvalue weighted by molar-refractivity contribution is 0.230. The van der Waals surface area contributed by atoms with Crippen molar-refractivity contribution < 1.29 is 4.74 Å². The highest BCUT2D eigenvalue weighted by Gasteiger charge is 2.05. The monoisotopic (exact) mass is 346 g/mol. The molecule has 1 atom stereocenters. The maximum absolute atomic E-state index is 5.85. The molecule has 0 aliphatic rings. The number of guanidine groups is 1. The van der Waals surface area contributed by atoms with Crippen LogP contribution in [-0.2, 0) is 6.42 Å². The molecule has 2 N–H and O–H groups in total. The maximum Gasteiger partial charge on any atom is 0.191 e.